The van der Waals surface area contributed by atoms with Crippen LogP contribution in [0.1, 0.15) is 18.2 Å². The molecule has 0 spiro atoms. The van der Waals surface area contributed by atoms with Crippen LogP contribution in [-0.2, 0) is 16.0 Å². The molecule has 0 aliphatic carbocycles. The number of ether oxygens (including phenoxy) is 1. The van der Waals surface area contributed by atoms with E-state index in [0.29, 0.717) is 6.61 Å². The predicted molar refractivity (Wildman–Crippen MR) is 85.7 cm³/mol. The molecule has 0 N–H and O–H groups in total. The second-order valence-corrected chi connectivity index (χ2v) is 5.27. The van der Waals surface area contributed by atoms with Crippen molar-refractivity contribution in [3.8, 4) is 11.1 Å². The van der Waals surface area contributed by atoms with Gasteiger partial charge in [-0.1, -0.05) is 12.1 Å². The SMILES string of the molecule is CCOC(=O)Cc1c(C)nn2cccc2c1-c1ccc(F)cc1. The Labute approximate surface area is 133 Å². The lowest BCUT2D eigenvalue weighted by Crippen LogP contribution is -2.12. The van der Waals surface area contributed by atoms with Crippen LogP contribution in [0.2, 0.25) is 0 Å². The lowest BCUT2D eigenvalue weighted by Gasteiger charge is -2.14. The predicted octanol–water partition coefficient (Wildman–Crippen LogP) is 3.55. The van der Waals surface area contributed by atoms with E-state index >= 15 is 0 Å². The van der Waals surface area contributed by atoms with Gasteiger partial charge in [-0.05, 0) is 49.2 Å². The summed E-state index contributed by atoms with van der Waals surface area (Å²) in [6.07, 6.45) is 1.99. The highest BCUT2D eigenvalue weighted by atomic mass is 19.1. The molecule has 4 nitrogen and oxygen atoms in total. The van der Waals surface area contributed by atoms with Crippen molar-refractivity contribution >= 4 is 11.5 Å². The summed E-state index contributed by atoms with van der Waals surface area (Å²) in [6.45, 7) is 3.98. The molecule has 118 valence electrons. The molecule has 2 aromatic heterocycles. The third-order valence-corrected chi connectivity index (χ3v) is 3.74. The largest absolute Gasteiger partial charge is 0.466 e. The summed E-state index contributed by atoms with van der Waals surface area (Å²) >= 11 is 0. The monoisotopic (exact) mass is 312 g/mol. The van der Waals surface area contributed by atoms with Crippen LogP contribution in [0.4, 0.5) is 4.39 Å². The van der Waals surface area contributed by atoms with Crippen LogP contribution in [0.3, 0.4) is 0 Å². The van der Waals surface area contributed by atoms with Gasteiger partial charge in [-0.25, -0.2) is 8.91 Å². The summed E-state index contributed by atoms with van der Waals surface area (Å²) in [4.78, 5) is 12.0. The molecule has 5 heteroatoms. The molecule has 0 unspecified atom stereocenters. The minimum Gasteiger partial charge on any atom is -0.466 e. The van der Waals surface area contributed by atoms with Crippen molar-refractivity contribution < 1.29 is 13.9 Å². The van der Waals surface area contributed by atoms with Crippen LogP contribution in [0.15, 0.2) is 42.6 Å². The van der Waals surface area contributed by atoms with Crippen molar-refractivity contribution in [1.82, 2.24) is 9.61 Å². The van der Waals surface area contributed by atoms with Gasteiger partial charge in [-0.15, -0.1) is 0 Å². The first-order chi connectivity index (χ1) is 11.1. The van der Waals surface area contributed by atoms with E-state index in [1.807, 2.05) is 25.3 Å². The fourth-order valence-electron chi connectivity index (χ4n) is 2.73. The van der Waals surface area contributed by atoms with Gasteiger partial charge in [0, 0.05) is 11.8 Å². The minimum absolute atomic E-state index is 0.140. The fraction of sp³-hybridized carbons (Fsp3) is 0.222. The van der Waals surface area contributed by atoms with Gasteiger partial charge in [0.15, 0.2) is 0 Å². The van der Waals surface area contributed by atoms with Crippen molar-refractivity contribution in [2.75, 3.05) is 6.61 Å². The van der Waals surface area contributed by atoms with Crippen molar-refractivity contribution in [3.05, 3.63) is 59.7 Å². The maximum Gasteiger partial charge on any atom is 0.310 e. The van der Waals surface area contributed by atoms with E-state index in [4.69, 9.17) is 4.74 Å². The van der Waals surface area contributed by atoms with E-state index in [9.17, 15) is 9.18 Å². The van der Waals surface area contributed by atoms with Crippen molar-refractivity contribution in [3.63, 3.8) is 0 Å². The average Bonchev–Trinajstić information content (AvgIpc) is 2.97. The van der Waals surface area contributed by atoms with E-state index in [0.717, 1.165) is 27.9 Å². The Hall–Kier alpha value is -2.69. The maximum atomic E-state index is 13.3. The topological polar surface area (TPSA) is 43.6 Å². The Morgan fingerprint density at radius 1 is 1.26 bits per heavy atom. The first kappa shape index (κ1) is 15.2. The number of aromatic nitrogens is 2. The molecular formula is C18H17FN2O2. The summed E-state index contributed by atoms with van der Waals surface area (Å²) in [5.41, 5.74) is 4.17. The lowest BCUT2D eigenvalue weighted by molar-refractivity contribution is -0.142. The second kappa shape index (κ2) is 6.20. The normalized spacial score (nSPS) is 10.9. The number of carbonyl (C=O) groups excluding carboxylic acids is 1. The molecule has 0 radical (unpaired) electrons. The molecule has 3 rings (SSSR count). The van der Waals surface area contributed by atoms with Crippen molar-refractivity contribution in [2.45, 2.75) is 20.3 Å². The number of hydrogen-bond acceptors (Lipinski definition) is 3. The molecule has 3 aromatic rings. The first-order valence-electron chi connectivity index (χ1n) is 7.48. The number of hydrogen-bond donors (Lipinski definition) is 0. The molecule has 0 amide bonds. The van der Waals surface area contributed by atoms with E-state index in [1.54, 1.807) is 23.6 Å². The van der Waals surface area contributed by atoms with Gasteiger partial charge in [0.05, 0.1) is 24.2 Å². The molecular weight excluding hydrogens is 295 g/mol. The highest BCUT2D eigenvalue weighted by Crippen LogP contribution is 2.31. The molecule has 0 fully saturated rings. The highest BCUT2D eigenvalue weighted by molar-refractivity contribution is 5.87. The molecule has 0 aliphatic heterocycles. The van der Waals surface area contributed by atoms with E-state index < -0.39 is 0 Å². The molecule has 2 heterocycles. The zero-order valence-corrected chi connectivity index (χ0v) is 13.0. The summed E-state index contributed by atoms with van der Waals surface area (Å²) in [5.74, 6) is -0.588. The zero-order chi connectivity index (χ0) is 16.4. The number of carbonyl (C=O) groups is 1. The van der Waals surface area contributed by atoms with Gasteiger partial charge in [-0.3, -0.25) is 4.79 Å². The summed E-state index contributed by atoms with van der Waals surface area (Å²) in [5, 5.41) is 4.49. The van der Waals surface area contributed by atoms with Crippen LogP contribution in [0.5, 0.6) is 0 Å². The number of aryl methyl sites for hydroxylation is 1. The molecule has 23 heavy (non-hydrogen) atoms. The summed E-state index contributed by atoms with van der Waals surface area (Å²) < 4.78 is 20.1. The maximum absolute atomic E-state index is 13.3. The van der Waals surface area contributed by atoms with Crippen LogP contribution in [-0.4, -0.2) is 22.2 Å². The van der Waals surface area contributed by atoms with Crippen LogP contribution in [0.25, 0.3) is 16.6 Å². The number of halogens is 1. The number of nitrogens with zero attached hydrogens (tertiary/aromatic N) is 2. The summed E-state index contributed by atoms with van der Waals surface area (Å²) in [7, 11) is 0. The van der Waals surface area contributed by atoms with Gasteiger partial charge >= 0.3 is 5.97 Å². The number of rotatable bonds is 4. The Balaban J connectivity index is 2.20. The Kier molecular flexibility index (Phi) is 4.10. The highest BCUT2D eigenvalue weighted by Gasteiger charge is 2.18. The Bertz CT molecular complexity index is 853. The van der Waals surface area contributed by atoms with Gasteiger partial charge in [0.25, 0.3) is 0 Å². The average molecular weight is 312 g/mol. The van der Waals surface area contributed by atoms with Crippen molar-refractivity contribution in [1.29, 1.82) is 0 Å². The first-order valence-corrected chi connectivity index (χ1v) is 7.48. The molecule has 0 atom stereocenters. The van der Waals surface area contributed by atoms with Gasteiger partial charge in [0.1, 0.15) is 5.82 Å². The van der Waals surface area contributed by atoms with Crippen LogP contribution < -0.4 is 0 Å². The molecule has 0 bridgehead atoms. The van der Waals surface area contributed by atoms with Gasteiger partial charge in [-0.2, -0.15) is 5.10 Å². The smallest absolute Gasteiger partial charge is 0.310 e. The third kappa shape index (κ3) is 2.95. The van der Waals surface area contributed by atoms with E-state index in [-0.39, 0.29) is 18.2 Å². The number of benzene rings is 1. The Morgan fingerprint density at radius 3 is 2.70 bits per heavy atom. The lowest BCUT2D eigenvalue weighted by atomic mass is 9.96. The van der Waals surface area contributed by atoms with Crippen molar-refractivity contribution in [2.24, 2.45) is 0 Å². The quantitative estimate of drug-likeness (QED) is 0.692. The minimum atomic E-state index is -0.295. The Morgan fingerprint density at radius 2 is 2.00 bits per heavy atom. The fourth-order valence-corrected chi connectivity index (χ4v) is 2.73. The van der Waals surface area contributed by atoms with E-state index in [2.05, 4.69) is 5.10 Å². The molecule has 0 saturated heterocycles. The molecule has 1 aromatic carbocycles. The van der Waals surface area contributed by atoms with Gasteiger partial charge in [0.2, 0.25) is 0 Å². The standard InChI is InChI=1S/C18H17FN2O2/c1-3-23-17(22)11-15-12(2)20-21-10-4-5-16(21)18(15)13-6-8-14(19)9-7-13/h4-10H,3,11H2,1-2H3. The third-order valence-electron chi connectivity index (χ3n) is 3.74. The van der Waals surface area contributed by atoms with Gasteiger partial charge < -0.3 is 4.74 Å². The van der Waals surface area contributed by atoms with Crippen LogP contribution in [0, 0.1) is 12.7 Å². The number of esters is 1. The number of fused-ring (bicyclic) bond motifs is 1. The molecule has 0 aliphatic rings. The molecule has 0 saturated carbocycles. The zero-order valence-electron chi connectivity index (χ0n) is 13.0. The van der Waals surface area contributed by atoms with E-state index in [1.165, 1.54) is 12.1 Å². The summed E-state index contributed by atoms with van der Waals surface area (Å²) in [6, 6.07) is 10.1. The second-order valence-electron chi connectivity index (χ2n) is 5.27. The van der Waals surface area contributed by atoms with Crippen LogP contribution >= 0.6 is 0 Å².